The highest BCUT2D eigenvalue weighted by Gasteiger charge is 2.11. The monoisotopic (exact) mass is 563 g/mol. The summed E-state index contributed by atoms with van der Waals surface area (Å²) >= 11 is 0. The predicted octanol–water partition coefficient (Wildman–Crippen LogP) is 5.10. The standard InChI is InChI=1S/2C7H15N.2C7H13N.C6H14N2/c5*1-7-3-5-8(2)6-4-7/h2*7H,3-6H2,1-2H3;2*3H,4-6H2,1-2H3;3-6H2,1-2H3. The summed E-state index contributed by atoms with van der Waals surface area (Å²) in [6.07, 6.45) is 12.7. The van der Waals surface area contributed by atoms with Gasteiger partial charge < -0.3 is 29.4 Å². The summed E-state index contributed by atoms with van der Waals surface area (Å²) in [7, 11) is 13.1. The summed E-state index contributed by atoms with van der Waals surface area (Å²) in [5, 5.41) is 0. The van der Waals surface area contributed by atoms with Crippen molar-refractivity contribution in [1.29, 1.82) is 0 Å². The molecule has 0 aliphatic carbocycles. The van der Waals surface area contributed by atoms with Gasteiger partial charge in [-0.05, 0) is 133 Å². The van der Waals surface area contributed by atoms with Gasteiger partial charge in [-0.2, -0.15) is 0 Å². The summed E-state index contributed by atoms with van der Waals surface area (Å²) < 4.78 is 0. The second-order valence-corrected chi connectivity index (χ2v) is 13.7. The molecule has 40 heavy (non-hydrogen) atoms. The fourth-order valence-electron chi connectivity index (χ4n) is 4.93. The van der Waals surface area contributed by atoms with E-state index in [0.29, 0.717) is 0 Å². The van der Waals surface area contributed by atoms with Gasteiger partial charge >= 0.3 is 0 Å². The maximum Gasteiger partial charge on any atom is 0.0162 e. The van der Waals surface area contributed by atoms with Crippen LogP contribution in [0, 0.1) is 11.8 Å². The van der Waals surface area contributed by atoms with Crippen molar-refractivity contribution in [2.45, 2.75) is 66.2 Å². The Hall–Kier alpha value is -0.760. The Labute approximate surface area is 251 Å². The Morgan fingerprint density at radius 1 is 0.425 bits per heavy atom. The average molecular weight is 563 g/mol. The van der Waals surface area contributed by atoms with E-state index >= 15 is 0 Å². The molecule has 0 atom stereocenters. The quantitative estimate of drug-likeness (QED) is 0.380. The van der Waals surface area contributed by atoms with Crippen molar-refractivity contribution in [2.75, 3.05) is 121 Å². The Morgan fingerprint density at radius 3 is 0.900 bits per heavy atom. The van der Waals surface area contributed by atoms with E-state index in [9.17, 15) is 0 Å². The van der Waals surface area contributed by atoms with Gasteiger partial charge in [0.15, 0.2) is 0 Å². The minimum atomic E-state index is 0.978. The normalized spacial score (nSPS) is 24.9. The van der Waals surface area contributed by atoms with E-state index in [1.54, 1.807) is 11.1 Å². The van der Waals surface area contributed by atoms with E-state index in [1.807, 2.05) is 0 Å². The molecule has 0 bridgehead atoms. The first-order valence-corrected chi connectivity index (χ1v) is 16.4. The number of likely N-dealkylation sites (N-methyl/N-ethyl adjacent to an activating group) is 4. The molecule has 5 rings (SSSR count). The number of piperidine rings is 2. The van der Waals surface area contributed by atoms with Crippen LogP contribution in [0.3, 0.4) is 0 Å². The fraction of sp³-hybridized carbons (Fsp3) is 0.882. The van der Waals surface area contributed by atoms with Crippen LogP contribution in [0.5, 0.6) is 0 Å². The Morgan fingerprint density at radius 2 is 0.700 bits per heavy atom. The Kier molecular flexibility index (Phi) is 20.4. The van der Waals surface area contributed by atoms with Crippen molar-refractivity contribution in [3.05, 3.63) is 23.3 Å². The molecule has 3 saturated heterocycles. The van der Waals surface area contributed by atoms with E-state index < -0.39 is 0 Å². The molecular formula is C34H70N6. The highest BCUT2D eigenvalue weighted by atomic mass is 15.2. The zero-order valence-corrected chi connectivity index (χ0v) is 28.7. The molecule has 0 saturated carbocycles. The minimum absolute atomic E-state index is 0.978. The van der Waals surface area contributed by atoms with Gasteiger partial charge in [0.1, 0.15) is 0 Å². The number of rotatable bonds is 0. The summed E-state index contributed by atoms with van der Waals surface area (Å²) in [5.41, 5.74) is 3.09. The Balaban J connectivity index is 0.000000250. The smallest absolute Gasteiger partial charge is 0.0162 e. The van der Waals surface area contributed by atoms with Crippen molar-refractivity contribution in [2.24, 2.45) is 11.8 Å². The Bertz CT molecular complexity index is 562. The van der Waals surface area contributed by atoms with Crippen LogP contribution in [0.25, 0.3) is 0 Å². The third kappa shape index (κ3) is 20.2. The topological polar surface area (TPSA) is 19.4 Å². The predicted molar refractivity (Wildman–Crippen MR) is 179 cm³/mol. The van der Waals surface area contributed by atoms with E-state index in [4.69, 9.17) is 0 Å². The van der Waals surface area contributed by atoms with Gasteiger partial charge in [0.05, 0.1) is 0 Å². The van der Waals surface area contributed by atoms with Crippen LogP contribution in [0.1, 0.15) is 66.2 Å². The van der Waals surface area contributed by atoms with Crippen LogP contribution in [0.15, 0.2) is 23.3 Å². The molecule has 5 aliphatic heterocycles. The van der Waals surface area contributed by atoms with Crippen molar-refractivity contribution in [3.63, 3.8) is 0 Å². The molecule has 3 fully saturated rings. The molecule has 6 heteroatoms. The number of piperazine rings is 1. The highest BCUT2D eigenvalue weighted by molar-refractivity contribution is 5.03. The summed E-state index contributed by atoms with van der Waals surface area (Å²) in [6, 6.07) is 0. The van der Waals surface area contributed by atoms with Crippen molar-refractivity contribution >= 4 is 0 Å². The van der Waals surface area contributed by atoms with Crippen LogP contribution in [0.2, 0.25) is 0 Å². The highest BCUT2D eigenvalue weighted by Crippen LogP contribution is 2.14. The molecule has 236 valence electrons. The minimum Gasteiger partial charge on any atom is -0.306 e. The molecule has 0 unspecified atom stereocenters. The third-order valence-corrected chi connectivity index (χ3v) is 9.02. The van der Waals surface area contributed by atoms with Gasteiger partial charge in [0, 0.05) is 52.4 Å². The van der Waals surface area contributed by atoms with E-state index in [2.05, 4.69) is 112 Å². The molecule has 6 nitrogen and oxygen atoms in total. The summed E-state index contributed by atoms with van der Waals surface area (Å²) in [4.78, 5) is 14.2. The van der Waals surface area contributed by atoms with E-state index in [0.717, 1.165) is 24.9 Å². The number of likely N-dealkylation sites (tertiary alicyclic amines) is 2. The van der Waals surface area contributed by atoms with Crippen LogP contribution in [-0.2, 0) is 0 Å². The number of hydrogen-bond donors (Lipinski definition) is 0. The molecule has 0 aromatic carbocycles. The SMILES string of the molecule is CC1=CCN(C)CC1.CC1=CCN(C)CC1.CC1CCN(C)CC1.CC1CCN(C)CC1.CN1CCN(C)CC1. The molecule has 0 amide bonds. The molecule has 5 heterocycles. The number of hydrogen-bond acceptors (Lipinski definition) is 6. The van der Waals surface area contributed by atoms with Crippen molar-refractivity contribution in [1.82, 2.24) is 29.4 Å². The molecule has 0 aromatic rings. The van der Waals surface area contributed by atoms with Crippen molar-refractivity contribution in [3.8, 4) is 0 Å². The maximum atomic E-state index is 2.40. The lowest BCUT2D eigenvalue weighted by molar-refractivity contribution is 0.181. The fourth-order valence-corrected chi connectivity index (χ4v) is 4.93. The van der Waals surface area contributed by atoms with E-state index in [-0.39, 0.29) is 0 Å². The molecule has 5 aliphatic rings. The number of nitrogens with zero attached hydrogens (tertiary/aromatic N) is 6. The lowest BCUT2D eigenvalue weighted by atomic mass is 10.00. The van der Waals surface area contributed by atoms with Crippen LogP contribution >= 0.6 is 0 Å². The average Bonchev–Trinajstić information content (AvgIpc) is 2.94. The molecule has 0 aromatic heterocycles. The summed E-state index contributed by atoms with van der Waals surface area (Å²) in [6.45, 7) is 24.0. The lowest BCUT2D eigenvalue weighted by Gasteiger charge is -2.28. The van der Waals surface area contributed by atoms with Crippen molar-refractivity contribution < 1.29 is 0 Å². The van der Waals surface area contributed by atoms with Gasteiger partial charge in [-0.15, -0.1) is 0 Å². The first-order valence-electron chi connectivity index (χ1n) is 16.4. The lowest BCUT2D eigenvalue weighted by Crippen LogP contribution is -2.42. The summed E-state index contributed by atoms with van der Waals surface area (Å²) in [5.74, 6) is 1.96. The second-order valence-electron chi connectivity index (χ2n) is 13.7. The zero-order valence-electron chi connectivity index (χ0n) is 28.7. The first-order chi connectivity index (χ1) is 18.9. The van der Waals surface area contributed by atoms with Gasteiger partial charge in [-0.25, -0.2) is 0 Å². The van der Waals surface area contributed by atoms with E-state index in [1.165, 1.54) is 104 Å². The van der Waals surface area contributed by atoms with Crippen LogP contribution in [0.4, 0.5) is 0 Å². The molecule has 0 spiro atoms. The largest absolute Gasteiger partial charge is 0.306 e. The maximum absolute atomic E-state index is 2.40. The zero-order chi connectivity index (χ0) is 29.9. The van der Waals surface area contributed by atoms with Crippen LogP contribution in [-0.4, -0.2) is 150 Å². The van der Waals surface area contributed by atoms with Gasteiger partial charge in [-0.3, -0.25) is 0 Å². The first kappa shape index (κ1) is 37.3. The van der Waals surface area contributed by atoms with Gasteiger partial charge in [-0.1, -0.05) is 37.1 Å². The third-order valence-electron chi connectivity index (χ3n) is 9.02. The van der Waals surface area contributed by atoms with Gasteiger partial charge in [0.2, 0.25) is 0 Å². The molecule has 0 radical (unpaired) electrons. The van der Waals surface area contributed by atoms with Gasteiger partial charge in [0.25, 0.3) is 0 Å². The van der Waals surface area contributed by atoms with Crippen LogP contribution < -0.4 is 0 Å². The molecule has 0 N–H and O–H groups in total. The molecular weight excluding hydrogens is 492 g/mol. The second kappa shape index (κ2) is 21.9.